The van der Waals surface area contributed by atoms with Crippen LogP contribution in [0.15, 0.2) is 0 Å². The minimum atomic E-state index is -0.763. The lowest BCUT2D eigenvalue weighted by Crippen LogP contribution is -2.34. The standard InChI is InChI=1S/C9H22N4O2/c10-2-4-12-6-8-13-7-5-11-3-1-9(14)15/h11-13H,1-8,10H2,(H,14,15). The van der Waals surface area contributed by atoms with Crippen LogP contribution in [0.1, 0.15) is 6.42 Å². The fourth-order valence-electron chi connectivity index (χ4n) is 1.03. The van der Waals surface area contributed by atoms with Gasteiger partial charge in [0.2, 0.25) is 0 Å². The summed E-state index contributed by atoms with van der Waals surface area (Å²) in [6, 6.07) is 0. The number of carboxylic acid groups (broad SMARTS) is 1. The van der Waals surface area contributed by atoms with Crippen LogP contribution >= 0.6 is 0 Å². The van der Waals surface area contributed by atoms with Gasteiger partial charge in [-0.05, 0) is 0 Å². The van der Waals surface area contributed by atoms with E-state index in [-0.39, 0.29) is 6.42 Å². The highest BCUT2D eigenvalue weighted by Crippen LogP contribution is 1.73. The Labute approximate surface area is 90.6 Å². The molecule has 6 N–H and O–H groups in total. The maximum absolute atomic E-state index is 10.2. The average molecular weight is 218 g/mol. The molecule has 0 unspecified atom stereocenters. The van der Waals surface area contributed by atoms with E-state index in [9.17, 15) is 4.79 Å². The molecule has 15 heavy (non-hydrogen) atoms. The van der Waals surface area contributed by atoms with E-state index < -0.39 is 5.97 Å². The molecular weight excluding hydrogens is 196 g/mol. The molecule has 0 atom stereocenters. The first-order valence-electron chi connectivity index (χ1n) is 5.31. The average Bonchev–Trinajstić information content (AvgIpc) is 2.20. The van der Waals surface area contributed by atoms with Gasteiger partial charge in [-0.25, -0.2) is 0 Å². The monoisotopic (exact) mass is 218 g/mol. The number of hydrogen-bond donors (Lipinski definition) is 5. The van der Waals surface area contributed by atoms with Gasteiger partial charge in [-0.2, -0.15) is 0 Å². The van der Waals surface area contributed by atoms with E-state index in [0.717, 1.165) is 32.7 Å². The third-order valence-corrected chi connectivity index (χ3v) is 1.79. The largest absolute Gasteiger partial charge is 0.481 e. The Morgan fingerprint density at radius 1 is 0.933 bits per heavy atom. The topological polar surface area (TPSA) is 99.4 Å². The Hall–Kier alpha value is -0.690. The third-order valence-electron chi connectivity index (χ3n) is 1.79. The first kappa shape index (κ1) is 14.3. The second-order valence-corrected chi connectivity index (χ2v) is 3.18. The maximum Gasteiger partial charge on any atom is 0.304 e. The number of hydrogen-bond acceptors (Lipinski definition) is 5. The molecule has 0 aromatic rings. The van der Waals surface area contributed by atoms with Crippen LogP contribution in [0.2, 0.25) is 0 Å². The van der Waals surface area contributed by atoms with Gasteiger partial charge < -0.3 is 26.8 Å². The van der Waals surface area contributed by atoms with Crippen molar-refractivity contribution >= 4 is 5.97 Å². The lowest BCUT2D eigenvalue weighted by atomic mass is 10.4. The highest BCUT2D eigenvalue weighted by atomic mass is 16.4. The van der Waals surface area contributed by atoms with Crippen LogP contribution in [0, 0.1) is 0 Å². The number of carboxylic acids is 1. The fraction of sp³-hybridized carbons (Fsp3) is 0.889. The van der Waals surface area contributed by atoms with Crippen LogP contribution < -0.4 is 21.7 Å². The summed E-state index contributed by atoms with van der Waals surface area (Å²) in [6.07, 6.45) is 0.179. The summed E-state index contributed by atoms with van der Waals surface area (Å²) < 4.78 is 0. The maximum atomic E-state index is 10.2. The van der Waals surface area contributed by atoms with E-state index in [1.54, 1.807) is 0 Å². The van der Waals surface area contributed by atoms with Crippen molar-refractivity contribution in [2.24, 2.45) is 5.73 Å². The van der Waals surface area contributed by atoms with Crippen molar-refractivity contribution in [3.05, 3.63) is 0 Å². The first-order chi connectivity index (χ1) is 7.27. The number of nitrogens with one attached hydrogen (secondary N) is 3. The molecule has 0 bridgehead atoms. The van der Waals surface area contributed by atoms with E-state index in [1.807, 2.05) is 0 Å². The molecular formula is C9H22N4O2. The van der Waals surface area contributed by atoms with E-state index in [0.29, 0.717) is 13.1 Å². The number of carbonyl (C=O) groups is 1. The first-order valence-corrected chi connectivity index (χ1v) is 5.31. The Kier molecular flexibility index (Phi) is 10.9. The summed E-state index contributed by atoms with van der Waals surface area (Å²) in [4.78, 5) is 10.2. The van der Waals surface area contributed by atoms with Crippen molar-refractivity contribution < 1.29 is 9.90 Å². The second kappa shape index (κ2) is 11.4. The van der Waals surface area contributed by atoms with Gasteiger partial charge in [-0.1, -0.05) is 0 Å². The predicted octanol–water partition coefficient (Wildman–Crippen LogP) is -1.81. The van der Waals surface area contributed by atoms with Gasteiger partial charge in [0.1, 0.15) is 0 Å². The predicted molar refractivity (Wildman–Crippen MR) is 59.9 cm³/mol. The van der Waals surface area contributed by atoms with Gasteiger partial charge in [-0.3, -0.25) is 4.79 Å². The van der Waals surface area contributed by atoms with Crippen LogP contribution in [0.3, 0.4) is 0 Å². The Morgan fingerprint density at radius 2 is 1.40 bits per heavy atom. The van der Waals surface area contributed by atoms with Crippen molar-refractivity contribution in [2.45, 2.75) is 6.42 Å². The summed E-state index contributed by atoms with van der Waals surface area (Å²) in [5.74, 6) is -0.763. The smallest absolute Gasteiger partial charge is 0.304 e. The normalized spacial score (nSPS) is 10.5. The molecule has 6 nitrogen and oxygen atoms in total. The van der Waals surface area contributed by atoms with Crippen LogP contribution in [0.5, 0.6) is 0 Å². The minimum absolute atomic E-state index is 0.179. The zero-order valence-corrected chi connectivity index (χ0v) is 9.09. The van der Waals surface area contributed by atoms with Crippen LogP contribution in [0.25, 0.3) is 0 Å². The van der Waals surface area contributed by atoms with Gasteiger partial charge in [0, 0.05) is 45.8 Å². The van der Waals surface area contributed by atoms with Crippen molar-refractivity contribution in [2.75, 3.05) is 45.8 Å². The molecule has 0 aromatic heterocycles. The summed E-state index contributed by atoms with van der Waals surface area (Å²) in [6.45, 7) is 5.50. The molecule has 0 aliphatic rings. The zero-order valence-electron chi connectivity index (χ0n) is 9.09. The third kappa shape index (κ3) is 13.3. The van der Waals surface area contributed by atoms with Gasteiger partial charge in [0.05, 0.1) is 6.42 Å². The van der Waals surface area contributed by atoms with Crippen molar-refractivity contribution in [1.82, 2.24) is 16.0 Å². The number of nitrogens with two attached hydrogens (primary N) is 1. The summed E-state index contributed by atoms with van der Waals surface area (Å²) >= 11 is 0. The zero-order chi connectivity index (χ0) is 11.4. The van der Waals surface area contributed by atoms with Gasteiger partial charge in [0.15, 0.2) is 0 Å². The Balaban J connectivity index is 2.89. The summed E-state index contributed by atoms with van der Waals surface area (Å²) in [5.41, 5.74) is 5.31. The molecule has 0 aromatic carbocycles. The summed E-state index contributed by atoms with van der Waals surface area (Å²) in [7, 11) is 0. The van der Waals surface area contributed by atoms with Crippen LogP contribution in [0.4, 0.5) is 0 Å². The number of aliphatic carboxylic acids is 1. The highest BCUT2D eigenvalue weighted by molar-refractivity contribution is 5.66. The van der Waals surface area contributed by atoms with Gasteiger partial charge in [-0.15, -0.1) is 0 Å². The molecule has 0 aliphatic heterocycles. The molecule has 0 amide bonds. The van der Waals surface area contributed by atoms with Crippen molar-refractivity contribution in [3.63, 3.8) is 0 Å². The molecule has 0 rings (SSSR count). The minimum Gasteiger partial charge on any atom is -0.481 e. The van der Waals surface area contributed by atoms with E-state index >= 15 is 0 Å². The number of rotatable bonds is 11. The molecule has 0 radical (unpaired) electrons. The molecule has 90 valence electrons. The van der Waals surface area contributed by atoms with Gasteiger partial charge in [0.25, 0.3) is 0 Å². The van der Waals surface area contributed by atoms with Crippen molar-refractivity contribution in [3.8, 4) is 0 Å². The quantitative estimate of drug-likeness (QED) is 0.262. The Bertz CT molecular complexity index is 155. The Morgan fingerprint density at radius 3 is 1.87 bits per heavy atom. The molecule has 0 aliphatic carbocycles. The lowest BCUT2D eigenvalue weighted by Gasteiger charge is -2.06. The summed E-state index contributed by atoms with van der Waals surface area (Å²) in [5, 5.41) is 17.8. The fourth-order valence-corrected chi connectivity index (χ4v) is 1.03. The SMILES string of the molecule is NCCNCCNCCNCCC(=O)O. The van der Waals surface area contributed by atoms with E-state index in [4.69, 9.17) is 10.8 Å². The highest BCUT2D eigenvalue weighted by Gasteiger charge is 1.94. The van der Waals surface area contributed by atoms with E-state index in [2.05, 4.69) is 16.0 Å². The van der Waals surface area contributed by atoms with Crippen LogP contribution in [-0.4, -0.2) is 56.9 Å². The van der Waals surface area contributed by atoms with Gasteiger partial charge >= 0.3 is 5.97 Å². The lowest BCUT2D eigenvalue weighted by molar-refractivity contribution is -0.136. The second-order valence-electron chi connectivity index (χ2n) is 3.18. The molecule has 0 saturated carbocycles. The molecule has 0 fully saturated rings. The van der Waals surface area contributed by atoms with E-state index in [1.165, 1.54) is 0 Å². The van der Waals surface area contributed by atoms with Crippen LogP contribution in [-0.2, 0) is 4.79 Å². The molecule has 6 heteroatoms. The molecule has 0 saturated heterocycles. The van der Waals surface area contributed by atoms with Crippen molar-refractivity contribution in [1.29, 1.82) is 0 Å². The molecule has 0 heterocycles. The molecule has 0 spiro atoms.